The van der Waals surface area contributed by atoms with Crippen LogP contribution in [0.3, 0.4) is 0 Å². The number of ether oxygens (including phenoxy) is 2. The molecule has 10 nitrogen and oxygen atoms in total. The SMILES string of the molecule is COc1ccc2ncc(F)c(CCN3CCC(C)(NC(=O)c4ccc5c(n4)NC(=O)CO5)CC3)c2n1. The van der Waals surface area contributed by atoms with Gasteiger partial charge in [-0.3, -0.25) is 14.6 Å². The predicted molar refractivity (Wildman–Crippen MR) is 130 cm³/mol. The van der Waals surface area contributed by atoms with Crippen LogP contribution in [-0.4, -0.2) is 70.6 Å². The average Bonchev–Trinajstić information content (AvgIpc) is 2.88. The van der Waals surface area contributed by atoms with E-state index in [1.807, 2.05) is 6.92 Å². The minimum Gasteiger partial charge on any atom is -0.481 e. The van der Waals surface area contributed by atoms with Gasteiger partial charge in [-0.2, -0.15) is 0 Å². The summed E-state index contributed by atoms with van der Waals surface area (Å²) in [6, 6.07) is 6.70. The highest BCUT2D eigenvalue weighted by molar-refractivity contribution is 5.97. The van der Waals surface area contributed by atoms with E-state index < -0.39 is 5.54 Å². The van der Waals surface area contributed by atoms with E-state index in [9.17, 15) is 14.0 Å². The molecular weight excluding hydrogens is 467 g/mol. The Balaban J connectivity index is 1.19. The number of hydrogen-bond donors (Lipinski definition) is 2. The number of anilines is 1. The van der Waals surface area contributed by atoms with Crippen LogP contribution in [0.5, 0.6) is 11.6 Å². The molecule has 0 atom stereocenters. The fourth-order valence-corrected chi connectivity index (χ4v) is 4.52. The molecule has 5 rings (SSSR count). The van der Waals surface area contributed by atoms with E-state index in [1.165, 1.54) is 13.3 Å². The first kappa shape index (κ1) is 23.9. The van der Waals surface area contributed by atoms with Gasteiger partial charge in [-0.25, -0.2) is 14.4 Å². The zero-order chi connectivity index (χ0) is 25.3. The number of methoxy groups -OCH3 is 1. The topological polar surface area (TPSA) is 119 Å². The Bertz CT molecular complexity index is 1330. The average molecular weight is 495 g/mol. The van der Waals surface area contributed by atoms with Crippen molar-refractivity contribution in [2.75, 3.05) is 38.7 Å². The molecule has 0 unspecified atom stereocenters. The van der Waals surface area contributed by atoms with Gasteiger partial charge in [0.05, 0.1) is 24.3 Å². The van der Waals surface area contributed by atoms with E-state index in [0.29, 0.717) is 41.2 Å². The number of amides is 2. The molecule has 0 bridgehead atoms. The van der Waals surface area contributed by atoms with Crippen molar-refractivity contribution in [3.05, 3.63) is 47.5 Å². The number of hydrogen-bond acceptors (Lipinski definition) is 8. The van der Waals surface area contributed by atoms with E-state index in [1.54, 1.807) is 24.3 Å². The van der Waals surface area contributed by atoms with Crippen LogP contribution < -0.4 is 20.1 Å². The Hall–Kier alpha value is -3.86. The van der Waals surface area contributed by atoms with E-state index in [4.69, 9.17) is 9.47 Å². The number of pyridine rings is 3. The third-order valence-corrected chi connectivity index (χ3v) is 6.71. The molecule has 2 amide bonds. The van der Waals surface area contributed by atoms with Gasteiger partial charge in [0.2, 0.25) is 5.88 Å². The molecule has 11 heteroatoms. The van der Waals surface area contributed by atoms with Gasteiger partial charge in [-0.05, 0) is 44.4 Å². The fourth-order valence-electron chi connectivity index (χ4n) is 4.52. The Kier molecular flexibility index (Phi) is 6.40. The maximum absolute atomic E-state index is 14.6. The van der Waals surface area contributed by atoms with Crippen LogP contribution >= 0.6 is 0 Å². The van der Waals surface area contributed by atoms with E-state index in [-0.39, 0.29) is 35.8 Å². The van der Waals surface area contributed by atoms with Crippen molar-refractivity contribution in [1.29, 1.82) is 0 Å². The molecule has 2 aliphatic rings. The van der Waals surface area contributed by atoms with Gasteiger partial charge in [0.15, 0.2) is 18.2 Å². The summed E-state index contributed by atoms with van der Waals surface area (Å²) in [6.07, 6.45) is 3.19. The number of nitrogens with zero attached hydrogens (tertiary/aromatic N) is 4. The van der Waals surface area contributed by atoms with Gasteiger partial charge in [-0.1, -0.05) is 0 Å². The smallest absolute Gasteiger partial charge is 0.270 e. The number of rotatable bonds is 6. The maximum atomic E-state index is 14.6. The van der Waals surface area contributed by atoms with Crippen molar-refractivity contribution in [3.63, 3.8) is 0 Å². The molecule has 1 saturated heterocycles. The summed E-state index contributed by atoms with van der Waals surface area (Å²) in [5.41, 5.74) is 1.47. The molecule has 2 N–H and O–H groups in total. The van der Waals surface area contributed by atoms with Crippen molar-refractivity contribution in [1.82, 2.24) is 25.2 Å². The van der Waals surface area contributed by atoms with Gasteiger partial charge in [0.25, 0.3) is 11.8 Å². The van der Waals surface area contributed by atoms with Gasteiger partial charge in [0.1, 0.15) is 11.5 Å². The summed E-state index contributed by atoms with van der Waals surface area (Å²) >= 11 is 0. The van der Waals surface area contributed by atoms with Crippen LogP contribution in [0, 0.1) is 5.82 Å². The quantitative estimate of drug-likeness (QED) is 0.536. The molecule has 3 aromatic rings. The monoisotopic (exact) mass is 494 g/mol. The Morgan fingerprint density at radius 1 is 1.25 bits per heavy atom. The molecule has 188 valence electrons. The zero-order valence-electron chi connectivity index (χ0n) is 20.1. The lowest BCUT2D eigenvalue weighted by Crippen LogP contribution is -2.53. The van der Waals surface area contributed by atoms with Gasteiger partial charge < -0.3 is 25.0 Å². The van der Waals surface area contributed by atoms with Crippen molar-refractivity contribution < 1.29 is 23.5 Å². The lowest BCUT2D eigenvalue weighted by Gasteiger charge is -2.40. The van der Waals surface area contributed by atoms with Gasteiger partial charge in [0, 0.05) is 36.8 Å². The van der Waals surface area contributed by atoms with Crippen LogP contribution in [0.25, 0.3) is 11.0 Å². The van der Waals surface area contributed by atoms with E-state index >= 15 is 0 Å². The van der Waals surface area contributed by atoms with Crippen LogP contribution in [0.1, 0.15) is 35.8 Å². The fraction of sp³-hybridized carbons (Fsp3) is 0.400. The second-order valence-corrected chi connectivity index (χ2v) is 9.29. The Morgan fingerprint density at radius 3 is 2.83 bits per heavy atom. The number of aromatic nitrogens is 3. The largest absolute Gasteiger partial charge is 0.481 e. The number of nitrogens with one attached hydrogen (secondary N) is 2. The molecule has 2 aliphatic heterocycles. The summed E-state index contributed by atoms with van der Waals surface area (Å²) in [5.74, 6) is 0.125. The first-order valence-corrected chi connectivity index (χ1v) is 11.8. The summed E-state index contributed by atoms with van der Waals surface area (Å²) in [7, 11) is 1.53. The Labute approximate surface area is 207 Å². The van der Waals surface area contributed by atoms with Crippen molar-refractivity contribution >= 4 is 28.7 Å². The number of piperidine rings is 1. The molecular formula is C25H27FN6O4. The number of carbonyl (C=O) groups is 2. The molecule has 0 aromatic carbocycles. The molecule has 0 spiro atoms. The lowest BCUT2D eigenvalue weighted by molar-refractivity contribution is -0.118. The number of fused-ring (bicyclic) bond motifs is 2. The van der Waals surface area contributed by atoms with E-state index in [2.05, 4.69) is 30.5 Å². The lowest BCUT2D eigenvalue weighted by atomic mass is 9.89. The molecule has 0 saturated carbocycles. The Morgan fingerprint density at radius 2 is 2.06 bits per heavy atom. The summed E-state index contributed by atoms with van der Waals surface area (Å²) < 4.78 is 25.1. The van der Waals surface area contributed by atoms with Crippen LogP contribution in [0.15, 0.2) is 30.5 Å². The summed E-state index contributed by atoms with van der Waals surface area (Å²) in [4.78, 5) is 39.5. The number of carbonyl (C=O) groups excluding carboxylic acids is 2. The van der Waals surface area contributed by atoms with Gasteiger partial charge in [-0.15, -0.1) is 0 Å². The summed E-state index contributed by atoms with van der Waals surface area (Å²) in [5, 5.41) is 5.72. The van der Waals surface area contributed by atoms with Crippen LogP contribution in [0.2, 0.25) is 0 Å². The highest BCUT2D eigenvalue weighted by Gasteiger charge is 2.32. The van der Waals surface area contributed by atoms with E-state index in [0.717, 1.165) is 25.9 Å². The third kappa shape index (κ3) is 4.92. The highest BCUT2D eigenvalue weighted by Crippen LogP contribution is 2.27. The predicted octanol–water partition coefficient (Wildman–Crippen LogP) is 2.33. The second kappa shape index (κ2) is 9.65. The normalized spacial score (nSPS) is 17.1. The molecule has 3 aromatic heterocycles. The maximum Gasteiger partial charge on any atom is 0.270 e. The molecule has 0 aliphatic carbocycles. The van der Waals surface area contributed by atoms with Gasteiger partial charge >= 0.3 is 0 Å². The third-order valence-electron chi connectivity index (χ3n) is 6.71. The van der Waals surface area contributed by atoms with Crippen LogP contribution in [0.4, 0.5) is 10.2 Å². The number of likely N-dealkylation sites (tertiary alicyclic amines) is 1. The molecule has 0 radical (unpaired) electrons. The first-order chi connectivity index (χ1) is 17.3. The molecule has 1 fully saturated rings. The standard InChI is InChI=1S/C25H27FN6O4/c1-25(31-24(34)18-3-5-19-23(28-18)29-20(33)14-36-19)8-11-32(12-9-25)10-7-15-16(26)13-27-17-4-6-21(35-2)30-22(15)17/h3-6,13H,7-12,14H2,1-2H3,(H,31,34)(H,28,29,33). The number of halogens is 1. The van der Waals surface area contributed by atoms with Crippen LogP contribution in [-0.2, 0) is 11.2 Å². The minimum absolute atomic E-state index is 0.0659. The zero-order valence-corrected chi connectivity index (χ0v) is 20.1. The molecule has 36 heavy (non-hydrogen) atoms. The highest BCUT2D eigenvalue weighted by atomic mass is 19.1. The van der Waals surface area contributed by atoms with Crippen molar-refractivity contribution in [2.24, 2.45) is 0 Å². The van der Waals surface area contributed by atoms with Crippen molar-refractivity contribution in [2.45, 2.75) is 31.7 Å². The van der Waals surface area contributed by atoms with Crippen molar-refractivity contribution in [3.8, 4) is 11.6 Å². The molecule has 5 heterocycles. The summed E-state index contributed by atoms with van der Waals surface area (Å²) in [6.45, 7) is 4.10. The second-order valence-electron chi connectivity index (χ2n) is 9.29. The first-order valence-electron chi connectivity index (χ1n) is 11.8. The minimum atomic E-state index is -0.408.